The molecule has 7 heteroatoms. The maximum atomic E-state index is 13.1. The standard InChI is InChI=1S/C24H29N3O4/c1-14-20-17(11-24(2,3)12-19(20)28)26-21(14)23(30)27-18(13-31-16-9-10-16)22(29)25-15-7-5-4-6-8-15/h4-8,16,18,26H,9-13H2,1-3H3,(H,25,29)(H,27,30). The number of nitrogens with one attached hydrogen (secondary N) is 3. The van der Waals surface area contributed by atoms with Crippen molar-refractivity contribution in [2.45, 2.75) is 58.6 Å². The summed E-state index contributed by atoms with van der Waals surface area (Å²) in [7, 11) is 0. The monoisotopic (exact) mass is 423 g/mol. The van der Waals surface area contributed by atoms with Crippen LogP contribution in [0.3, 0.4) is 0 Å². The second kappa shape index (κ2) is 8.30. The lowest BCUT2D eigenvalue weighted by Gasteiger charge is -2.28. The van der Waals surface area contributed by atoms with Crippen molar-refractivity contribution in [3.63, 3.8) is 0 Å². The molecule has 3 N–H and O–H groups in total. The minimum Gasteiger partial charge on any atom is -0.376 e. The molecule has 7 nitrogen and oxygen atoms in total. The molecule has 1 atom stereocenters. The Morgan fingerprint density at radius 1 is 1.19 bits per heavy atom. The average Bonchev–Trinajstić information content (AvgIpc) is 3.47. The Balaban J connectivity index is 1.52. The van der Waals surface area contributed by atoms with Crippen molar-refractivity contribution in [1.29, 1.82) is 0 Å². The van der Waals surface area contributed by atoms with E-state index in [0.29, 0.717) is 35.3 Å². The van der Waals surface area contributed by atoms with Gasteiger partial charge in [-0.15, -0.1) is 0 Å². The first-order valence-electron chi connectivity index (χ1n) is 10.8. The van der Waals surface area contributed by atoms with Crippen molar-refractivity contribution in [2.24, 2.45) is 5.41 Å². The normalized spacial score (nSPS) is 18.2. The van der Waals surface area contributed by atoms with Gasteiger partial charge in [0.05, 0.1) is 12.7 Å². The third-order valence-electron chi connectivity index (χ3n) is 5.81. The number of Topliss-reactive ketones (excluding diaryl/α,β-unsaturated/α-hetero) is 1. The van der Waals surface area contributed by atoms with Gasteiger partial charge in [0.25, 0.3) is 5.91 Å². The smallest absolute Gasteiger partial charge is 0.268 e. The summed E-state index contributed by atoms with van der Waals surface area (Å²) in [5.74, 6) is -0.703. The van der Waals surface area contributed by atoms with E-state index < -0.39 is 11.9 Å². The average molecular weight is 424 g/mol. The van der Waals surface area contributed by atoms with E-state index in [2.05, 4.69) is 15.6 Å². The summed E-state index contributed by atoms with van der Waals surface area (Å²) in [5, 5.41) is 5.63. The van der Waals surface area contributed by atoms with Crippen LogP contribution in [-0.4, -0.2) is 41.3 Å². The van der Waals surface area contributed by atoms with Crippen LogP contribution in [0.4, 0.5) is 5.69 Å². The molecular formula is C24H29N3O4. The number of ether oxygens (including phenoxy) is 1. The number of fused-ring (bicyclic) bond motifs is 1. The van der Waals surface area contributed by atoms with Gasteiger partial charge in [0.15, 0.2) is 5.78 Å². The van der Waals surface area contributed by atoms with Crippen LogP contribution in [0.5, 0.6) is 0 Å². The van der Waals surface area contributed by atoms with E-state index >= 15 is 0 Å². The molecule has 0 aliphatic heterocycles. The second-order valence-corrected chi connectivity index (χ2v) is 9.33. The number of para-hydroxylation sites is 1. The molecule has 0 spiro atoms. The maximum absolute atomic E-state index is 13.1. The van der Waals surface area contributed by atoms with Crippen LogP contribution in [0.25, 0.3) is 0 Å². The number of benzene rings is 1. The Labute approximate surface area is 181 Å². The summed E-state index contributed by atoms with van der Waals surface area (Å²) in [6.45, 7) is 5.96. The summed E-state index contributed by atoms with van der Waals surface area (Å²) in [4.78, 5) is 41.7. The zero-order valence-corrected chi connectivity index (χ0v) is 18.2. The van der Waals surface area contributed by atoms with E-state index in [1.807, 2.05) is 32.0 Å². The van der Waals surface area contributed by atoms with Gasteiger partial charge in [0, 0.05) is 23.4 Å². The summed E-state index contributed by atoms with van der Waals surface area (Å²) in [5.41, 5.74) is 2.88. The van der Waals surface area contributed by atoms with Crippen molar-refractivity contribution < 1.29 is 19.1 Å². The largest absolute Gasteiger partial charge is 0.376 e. The number of ketones is 1. The van der Waals surface area contributed by atoms with Crippen molar-refractivity contribution >= 4 is 23.3 Å². The quantitative estimate of drug-likeness (QED) is 0.635. The van der Waals surface area contributed by atoms with Gasteiger partial charge in [-0.1, -0.05) is 32.0 Å². The number of H-pyrrole nitrogens is 1. The lowest BCUT2D eigenvalue weighted by Crippen LogP contribution is -2.47. The number of aromatic nitrogens is 1. The molecule has 2 aliphatic rings. The Hall–Kier alpha value is -2.93. The molecule has 1 heterocycles. The topological polar surface area (TPSA) is 100 Å². The maximum Gasteiger partial charge on any atom is 0.268 e. The fourth-order valence-electron chi connectivity index (χ4n) is 4.09. The van der Waals surface area contributed by atoms with Gasteiger partial charge in [-0.05, 0) is 49.3 Å². The molecule has 0 bridgehead atoms. The fourth-order valence-corrected chi connectivity index (χ4v) is 4.09. The lowest BCUT2D eigenvalue weighted by molar-refractivity contribution is -0.119. The number of rotatable bonds is 7. The van der Waals surface area contributed by atoms with Gasteiger partial charge in [-0.25, -0.2) is 0 Å². The van der Waals surface area contributed by atoms with E-state index in [4.69, 9.17) is 4.74 Å². The first-order valence-corrected chi connectivity index (χ1v) is 10.8. The molecular weight excluding hydrogens is 394 g/mol. The van der Waals surface area contributed by atoms with Crippen LogP contribution < -0.4 is 10.6 Å². The minimum absolute atomic E-state index is 0.0505. The molecule has 1 aromatic heterocycles. The van der Waals surface area contributed by atoms with Gasteiger partial charge < -0.3 is 20.4 Å². The van der Waals surface area contributed by atoms with Crippen molar-refractivity contribution in [2.75, 3.05) is 11.9 Å². The molecule has 164 valence electrons. The summed E-state index contributed by atoms with van der Waals surface area (Å²) in [6.07, 6.45) is 3.26. The predicted molar refractivity (Wildman–Crippen MR) is 117 cm³/mol. The van der Waals surface area contributed by atoms with Crippen LogP contribution in [0.1, 0.15) is 65.2 Å². The van der Waals surface area contributed by atoms with Gasteiger partial charge >= 0.3 is 0 Å². The molecule has 2 aromatic rings. The SMILES string of the molecule is Cc1c(C(=O)NC(COC2CC2)C(=O)Nc2ccccc2)[nH]c2c1C(=O)CC(C)(C)C2. The zero-order chi connectivity index (χ0) is 22.2. The molecule has 1 aromatic carbocycles. The van der Waals surface area contributed by atoms with Crippen LogP contribution in [0.15, 0.2) is 30.3 Å². The molecule has 2 aliphatic carbocycles. The summed E-state index contributed by atoms with van der Waals surface area (Å²) in [6, 6.07) is 8.25. The van der Waals surface area contributed by atoms with Crippen LogP contribution in [-0.2, 0) is 16.0 Å². The van der Waals surface area contributed by atoms with Crippen molar-refractivity contribution in [3.05, 3.63) is 52.8 Å². The second-order valence-electron chi connectivity index (χ2n) is 9.33. The fraction of sp³-hybridized carbons (Fsp3) is 0.458. The first-order chi connectivity index (χ1) is 14.7. The van der Waals surface area contributed by atoms with Gasteiger partial charge in [0.1, 0.15) is 11.7 Å². The molecule has 0 radical (unpaired) electrons. The lowest BCUT2D eigenvalue weighted by atomic mass is 9.75. The summed E-state index contributed by atoms with van der Waals surface area (Å²) < 4.78 is 5.73. The van der Waals surface area contributed by atoms with E-state index in [1.54, 1.807) is 19.1 Å². The minimum atomic E-state index is -0.847. The van der Waals surface area contributed by atoms with E-state index in [1.165, 1.54) is 0 Å². The number of anilines is 1. The Morgan fingerprint density at radius 3 is 2.58 bits per heavy atom. The zero-order valence-electron chi connectivity index (χ0n) is 18.2. The van der Waals surface area contributed by atoms with Crippen molar-refractivity contribution in [3.8, 4) is 0 Å². The third kappa shape index (κ3) is 4.88. The highest BCUT2D eigenvalue weighted by Gasteiger charge is 2.36. The van der Waals surface area contributed by atoms with Crippen LogP contribution in [0.2, 0.25) is 0 Å². The van der Waals surface area contributed by atoms with E-state index in [9.17, 15) is 14.4 Å². The molecule has 4 rings (SSSR count). The molecule has 1 fully saturated rings. The predicted octanol–water partition coefficient (Wildman–Crippen LogP) is 3.39. The number of amides is 2. The van der Waals surface area contributed by atoms with E-state index in [-0.39, 0.29) is 29.8 Å². The van der Waals surface area contributed by atoms with Crippen molar-refractivity contribution in [1.82, 2.24) is 10.3 Å². The van der Waals surface area contributed by atoms with Crippen LogP contribution >= 0.6 is 0 Å². The highest BCUT2D eigenvalue weighted by atomic mass is 16.5. The molecule has 2 amide bonds. The molecule has 31 heavy (non-hydrogen) atoms. The Morgan fingerprint density at radius 2 is 1.90 bits per heavy atom. The Bertz CT molecular complexity index is 1010. The summed E-state index contributed by atoms with van der Waals surface area (Å²) >= 11 is 0. The molecule has 1 unspecified atom stereocenters. The highest BCUT2D eigenvalue weighted by Crippen LogP contribution is 2.36. The van der Waals surface area contributed by atoms with Gasteiger partial charge in [-0.2, -0.15) is 0 Å². The molecule has 0 saturated heterocycles. The van der Waals surface area contributed by atoms with E-state index in [0.717, 1.165) is 18.5 Å². The van der Waals surface area contributed by atoms with Gasteiger partial charge in [-0.3, -0.25) is 14.4 Å². The number of hydrogen-bond acceptors (Lipinski definition) is 4. The Kier molecular flexibility index (Phi) is 5.71. The molecule has 1 saturated carbocycles. The highest BCUT2D eigenvalue weighted by molar-refractivity contribution is 6.06. The first kappa shape index (κ1) is 21.3. The van der Waals surface area contributed by atoms with Gasteiger partial charge in [0.2, 0.25) is 5.91 Å². The third-order valence-corrected chi connectivity index (χ3v) is 5.81. The van der Waals surface area contributed by atoms with Crippen LogP contribution in [0, 0.1) is 12.3 Å². The number of carbonyl (C=O) groups excluding carboxylic acids is 3. The number of carbonyl (C=O) groups is 3. The number of hydrogen-bond donors (Lipinski definition) is 3. The number of aromatic amines is 1.